The maximum absolute atomic E-state index is 5.46. The van der Waals surface area contributed by atoms with Crippen LogP contribution in [0.1, 0.15) is 16.0 Å². The third kappa shape index (κ3) is 3.47. The van der Waals surface area contributed by atoms with Gasteiger partial charge in [0.1, 0.15) is 12.4 Å². The molecule has 0 unspecified atom stereocenters. The Labute approximate surface area is 120 Å². The van der Waals surface area contributed by atoms with Crippen LogP contribution in [0.15, 0.2) is 46.8 Å². The summed E-state index contributed by atoms with van der Waals surface area (Å²) in [7, 11) is 0. The molecule has 0 atom stereocenters. The van der Waals surface area contributed by atoms with E-state index in [1.807, 2.05) is 12.1 Å². The van der Waals surface area contributed by atoms with E-state index >= 15 is 0 Å². The molecule has 0 saturated carbocycles. The summed E-state index contributed by atoms with van der Waals surface area (Å²) < 4.78 is 6.66. The van der Waals surface area contributed by atoms with Crippen molar-refractivity contribution in [1.29, 1.82) is 0 Å². The monoisotopic (exact) mass is 322 g/mol. The van der Waals surface area contributed by atoms with E-state index in [4.69, 9.17) is 4.74 Å². The number of thiophene rings is 1. The molecule has 0 radical (unpaired) electrons. The molecule has 2 rings (SSSR count). The summed E-state index contributed by atoms with van der Waals surface area (Å²) in [5, 5.41) is 0. The highest BCUT2D eigenvalue weighted by molar-refractivity contribution is 9.11. The molecule has 0 spiro atoms. The molecule has 0 saturated heterocycles. The van der Waals surface area contributed by atoms with Gasteiger partial charge in [-0.05, 0) is 58.6 Å². The van der Waals surface area contributed by atoms with Crippen LogP contribution >= 0.6 is 27.3 Å². The Bertz CT molecular complexity index is 528. The van der Waals surface area contributed by atoms with Crippen LogP contribution in [-0.2, 0) is 6.42 Å². The van der Waals surface area contributed by atoms with Gasteiger partial charge in [-0.15, -0.1) is 11.3 Å². The average molecular weight is 323 g/mol. The first-order chi connectivity index (χ1) is 8.69. The zero-order chi connectivity index (χ0) is 13.0. The lowest BCUT2D eigenvalue weighted by molar-refractivity contribution is 0.363. The quantitative estimate of drug-likeness (QED) is 0.706. The van der Waals surface area contributed by atoms with E-state index in [0.29, 0.717) is 6.61 Å². The maximum atomic E-state index is 5.46. The SMILES string of the molecule is C=CCOc1ccc(Cc2cc(Br)sc2C)cc1. The Hall–Kier alpha value is -1.06. The summed E-state index contributed by atoms with van der Waals surface area (Å²) >= 11 is 5.31. The highest BCUT2D eigenvalue weighted by atomic mass is 79.9. The molecule has 2 aromatic rings. The van der Waals surface area contributed by atoms with Crippen LogP contribution in [-0.4, -0.2) is 6.61 Å². The molecule has 0 bridgehead atoms. The maximum Gasteiger partial charge on any atom is 0.119 e. The Morgan fingerprint density at radius 3 is 2.61 bits per heavy atom. The predicted octanol–water partition coefficient (Wildman–Crippen LogP) is 4.97. The topological polar surface area (TPSA) is 9.23 Å². The molecule has 0 fully saturated rings. The second-order valence-corrected chi connectivity index (χ2v) is 6.69. The molecule has 0 N–H and O–H groups in total. The van der Waals surface area contributed by atoms with Crippen LogP contribution in [0.25, 0.3) is 0 Å². The van der Waals surface area contributed by atoms with Crippen LogP contribution in [0.2, 0.25) is 0 Å². The van der Waals surface area contributed by atoms with Gasteiger partial charge in [-0.2, -0.15) is 0 Å². The lowest BCUT2D eigenvalue weighted by Gasteiger charge is -2.05. The standard InChI is InChI=1S/C15H15BrOS/c1-3-8-17-14-6-4-12(5-7-14)9-13-10-15(16)18-11(13)2/h3-7,10H,1,8-9H2,2H3. The van der Waals surface area contributed by atoms with Crippen molar-refractivity contribution in [2.75, 3.05) is 6.61 Å². The molecule has 18 heavy (non-hydrogen) atoms. The summed E-state index contributed by atoms with van der Waals surface area (Å²) in [6.07, 6.45) is 2.72. The molecule has 0 aliphatic rings. The van der Waals surface area contributed by atoms with Gasteiger partial charge in [0.25, 0.3) is 0 Å². The third-order valence-corrected chi connectivity index (χ3v) is 4.27. The summed E-state index contributed by atoms with van der Waals surface area (Å²) in [6, 6.07) is 10.4. The minimum atomic E-state index is 0.552. The van der Waals surface area contributed by atoms with Crippen molar-refractivity contribution >= 4 is 27.3 Å². The van der Waals surface area contributed by atoms with Crippen LogP contribution in [0.3, 0.4) is 0 Å². The van der Waals surface area contributed by atoms with Crippen molar-refractivity contribution in [3.63, 3.8) is 0 Å². The van der Waals surface area contributed by atoms with E-state index in [1.165, 1.54) is 19.8 Å². The summed E-state index contributed by atoms with van der Waals surface area (Å²) in [5.74, 6) is 0.891. The van der Waals surface area contributed by atoms with Gasteiger partial charge in [-0.3, -0.25) is 0 Å². The van der Waals surface area contributed by atoms with Crippen molar-refractivity contribution < 1.29 is 4.74 Å². The molecule has 1 heterocycles. The van der Waals surface area contributed by atoms with E-state index in [-0.39, 0.29) is 0 Å². The van der Waals surface area contributed by atoms with Crippen LogP contribution in [0.5, 0.6) is 5.75 Å². The lowest BCUT2D eigenvalue weighted by atomic mass is 10.1. The van der Waals surface area contributed by atoms with Crippen molar-refractivity contribution in [3.8, 4) is 5.75 Å². The number of hydrogen-bond donors (Lipinski definition) is 0. The minimum absolute atomic E-state index is 0.552. The first-order valence-electron chi connectivity index (χ1n) is 5.76. The van der Waals surface area contributed by atoms with Crippen molar-refractivity contribution in [1.82, 2.24) is 0 Å². The van der Waals surface area contributed by atoms with E-state index in [9.17, 15) is 0 Å². The van der Waals surface area contributed by atoms with Crippen LogP contribution < -0.4 is 4.74 Å². The second-order valence-electron chi connectivity index (χ2n) is 4.05. The fourth-order valence-electron chi connectivity index (χ4n) is 1.73. The number of hydrogen-bond acceptors (Lipinski definition) is 2. The normalized spacial score (nSPS) is 10.3. The van der Waals surface area contributed by atoms with E-state index in [1.54, 1.807) is 17.4 Å². The van der Waals surface area contributed by atoms with E-state index in [2.05, 4.69) is 47.6 Å². The van der Waals surface area contributed by atoms with Gasteiger partial charge in [0.15, 0.2) is 0 Å². The highest BCUT2D eigenvalue weighted by Gasteiger charge is 2.04. The Morgan fingerprint density at radius 1 is 1.33 bits per heavy atom. The van der Waals surface area contributed by atoms with Crippen molar-refractivity contribution in [3.05, 3.63) is 62.8 Å². The van der Waals surface area contributed by atoms with Gasteiger partial charge in [-0.25, -0.2) is 0 Å². The van der Waals surface area contributed by atoms with Gasteiger partial charge >= 0.3 is 0 Å². The number of ether oxygens (including phenoxy) is 1. The third-order valence-electron chi connectivity index (χ3n) is 2.68. The molecule has 94 valence electrons. The molecular weight excluding hydrogens is 308 g/mol. The zero-order valence-electron chi connectivity index (χ0n) is 10.3. The minimum Gasteiger partial charge on any atom is -0.490 e. The van der Waals surface area contributed by atoms with Gasteiger partial charge in [-0.1, -0.05) is 24.8 Å². The Morgan fingerprint density at radius 2 is 2.06 bits per heavy atom. The van der Waals surface area contributed by atoms with Crippen molar-refractivity contribution in [2.24, 2.45) is 0 Å². The largest absolute Gasteiger partial charge is 0.490 e. The number of rotatable bonds is 5. The second kappa shape index (κ2) is 6.21. The Kier molecular flexibility index (Phi) is 4.61. The van der Waals surface area contributed by atoms with E-state index < -0.39 is 0 Å². The Balaban J connectivity index is 2.06. The molecule has 0 amide bonds. The van der Waals surface area contributed by atoms with Crippen LogP contribution in [0, 0.1) is 6.92 Å². The molecule has 3 heteroatoms. The average Bonchev–Trinajstić information content (AvgIpc) is 2.67. The van der Waals surface area contributed by atoms with Crippen LogP contribution in [0.4, 0.5) is 0 Å². The molecule has 1 nitrogen and oxygen atoms in total. The molecule has 1 aromatic carbocycles. The van der Waals surface area contributed by atoms with Gasteiger partial charge < -0.3 is 4.74 Å². The number of halogens is 1. The zero-order valence-corrected chi connectivity index (χ0v) is 12.7. The smallest absolute Gasteiger partial charge is 0.119 e. The summed E-state index contributed by atoms with van der Waals surface area (Å²) in [5.41, 5.74) is 2.68. The lowest BCUT2D eigenvalue weighted by Crippen LogP contribution is -1.93. The molecule has 1 aromatic heterocycles. The van der Waals surface area contributed by atoms with Gasteiger partial charge in [0, 0.05) is 4.88 Å². The fourth-order valence-corrected chi connectivity index (χ4v) is 3.49. The first kappa shape index (κ1) is 13.4. The summed E-state index contributed by atoms with van der Waals surface area (Å²) in [4.78, 5) is 1.37. The van der Waals surface area contributed by atoms with Crippen molar-refractivity contribution in [2.45, 2.75) is 13.3 Å². The fraction of sp³-hybridized carbons (Fsp3) is 0.200. The highest BCUT2D eigenvalue weighted by Crippen LogP contribution is 2.28. The summed E-state index contributed by atoms with van der Waals surface area (Å²) in [6.45, 7) is 6.34. The van der Waals surface area contributed by atoms with Gasteiger partial charge in [0.2, 0.25) is 0 Å². The molecular formula is C15H15BrOS. The first-order valence-corrected chi connectivity index (χ1v) is 7.37. The number of benzene rings is 1. The van der Waals surface area contributed by atoms with Gasteiger partial charge in [0.05, 0.1) is 3.79 Å². The van der Waals surface area contributed by atoms with E-state index in [0.717, 1.165) is 12.2 Å². The number of aryl methyl sites for hydroxylation is 1. The molecule has 0 aliphatic carbocycles. The molecule has 0 aliphatic heterocycles. The predicted molar refractivity (Wildman–Crippen MR) is 81.7 cm³/mol.